The molecule has 146 valence electrons. The highest BCUT2D eigenvalue weighted by Gasteiger charge is 2.07. The fourth-order valence-electron chi connectivity index (χ4n) is 2.51. The molecule has 2 amide bonds. The molecule has 28 heavy (non-hydrogen) atoms. The van der Waals surface area contributed by atoms with Gasteiger partial charge in [-0.2, -0.15) is 5.10 Å². The van der Waals surface area contributed by atoms with Crippen LogP contribution >= 0.6 is 0 Å². The fourth-order valence-corrected chi connectivity index (χ4v) is 2.51. The Labute approximate surface area is 160 Å². The molecule has 0 radical (unpaired) electrons. The number of halogens is 2. The van der Waals surface area contributed by atoms with Crippen LogP contribution in [-0.2, 0) is 0 Å². The van der Waals surface area contributed by atoms with E-state index < -0.39 is 17.7 Å². The number of benzene rings is 1. The zero-order valence-electron chi connectivity index (χ0n) is 15.3. The van der Waals surface area contributed by atoms with Gasteiger partial charge in [0.25, 0.3) is 0 Å². The molecular weight excluding hydrogens is 368 g/mol. The van der Waals surface area contributed by atoms with E-state index in [0.717, 1.165) is 23.5 Å². The Hall–Kier alpha value is -3.56. The van der Waals surface area contributed by atoms with Gasteiger partial charge < -0.3 is 16.0 Å². The first-order valence-electron chi connectivity index (χ1n) is 8.53. The molecule has 0 aliphatic heterocycles. The van der Waals surface area contributed by atoms with Crippen molar-refractivity contribution in [2.45, 2.75) is 13.8 Å². The minimum absolute atomic E-state index is 0.162. The number of rotatable bonds is 6. The molecule has 3 rings (SSSR count). The highest BCUT2D eigenvalue weighted by atomic mass is 19.2. The molecule has 3 aromatic rings. The van der Waals surface area contributed by atoms with Gasteiger partial charge in [0, 0.05) is 30.5 Å². The molecule has 0 bridgehead atoms. The third-order valence-electron chi connectivity index (χ3n) is 3.77. The van der Waals surface area contributed by atoms with Gasteiger partial charge in [0.2, 0.25) is 0 Å². The number of aryl methyl sites for hydroxylation is 2. The molecule has 0 atom stereocenters. The number of nitrogens with zero attached hydrogens (tertiary/aromatic N) is 4. The third kappa shape index (κ3) is 4.78. The van der Waals surface area contributed by atoms with Crippen LogP contribution in [0.15, 0.2) is 36.4 Å². The Bertz CT molecular complexity index is 973. The summed E-state index contributed by atoms with van der Waals surface area (Å²) < 4.78 is 27.7. The van der Waals surface area contributed by atoms with Crippen molar-refractivity contribution in [2.75, 3.05) is 23.7 Å². The predicted octanol–water partition coefficient (Wildman–Crippen LogP) is 2.79. The first kappa shape index (κ1) is 19.2. The maximum atomic E-state index is 13.1. The molecule has 0 saturated heterocycles. The van der Waals surface area contributed by atoms with Crippen molar-refractivity contribution in [3.63, 3.8) is 0 Å². The van der Waals surface area contributed by atoms with Gasteiger partial charge >= 0.3 is 6.03 Å². The first-order chi connectivity index (χ1) is 13.4. The van der Waals surface area contributed by atoms with E-state index in [9.17, 15) is 13.6 Å². The van der Waals surface area contributed by atoms with E-state index in [0.29, 0.717) is 18.2 Å². The molecule has 0 saturated carbocycles. The Morgan fingerprint density at radius 1 is 1.04 bits per heavy atom. The number of hydrogen-bond acceptors (Lipinski definition) is 5. The molecule has 2 heterocycles. The van der Waals surface area contributed by atoms with Crippen LogP contribution < -0.4 is 16.0 Å². The topological polar surface area (TPSA) is 96.8 Å². The van der Waals surface area contributed by atoms with Crippen molar-refractivity contribution in [3.8, 4) is 5.82 Å². The summed E-state index contributed by atoms with van der Waals surface area (Å²) in [5.74, 6) is -0.838. The average Bonchev–Trinajstić information content (AvgIpc) is 3.00. The van der Waals surface area contributed by atoms with Crippen molar-refractivity contribution < 1.29 is 13.6 Å². The molecule has 0 unspecified atom stereocenters. The number of nitrogens with one attached hydrogen (secondary N) is 3. The maximum absolute atomic E-state index is 13.1. The lowest BCUT2D eigenvalue weighted by atomic mass is 10.3. The number of urea groups is 1. The van der Waals surface area contributed by atoms with Crippen LogP contribution in [0.5, 0.6) is 0 Å². The minimum atomic E-state index is -1.03. The van der Waals surface area contributed by atoms with Crippen molar-refractivity contribution in [3.05, 3.63) is 59.4 Å². The van der Waals surface area contributed by atoms with Gasteiger partial charge in [0.15, 0.2) is 17.5 Å². The van der Waals surface area contributed by atoms with Crippen LogP contribution in [0.25, 0.3) is 5.82 Å². The largest absolute Gasteiger partial charge is 0.367 e. The van der Waals surface area contributed by atoms with E-state index in [1.54, 1.807) is 16.8 Å². The SMILES string of the molecule is Cc1cc(C)n(-c2ccc(NCCNC(=O)Nc3ccc(F)c(F)c3)nn2)n1. The van der Waals surface area contributed by atoms with E-state index >= 15 is 0 Å². The van der Waals surface area contributed by atoms with Crippen molar-refractivity contribution in [2.24, 2.45) is 0 Å². The number of carbonyl (C=O) groups excluding carboxylic acids is 1. The Kier molecular flexibility index (Phi) is 5.78. The number of aromatic nitrogens is 4. The van der Waals surface area contributed by atoms with Crippen LogP contribution in [0.1, 0.15) is 11.4 Å². The summed E-state index contributed by atoms with van der Waals surface area (Å²) in [4.78, 5) is 11.8. The first-order valence-corrected chi connectivity index (χ1v) is 8.53. The van der Waals surface area contributed by atoms with Crippen LogP contribution in [0.2, 0.25) is 0 Å². The second-order valence-corrected chi connectivity index (χ2v) is 6.05. The second-order valence-electron chi connectivity index (χ2n) is 6.05. The summed E-state index contributed by atoms with van der Waals surface area (Å²) in [5.41, 5.74) is 2.02. The molecule has 10 heteroatoms. The van der Waals surface area contributed by atoms with Crippen molar-refractivity contribution in [1.29, 1.82) is 0 Å². The maximum Gasteiger partial charge on any atom is 0.319 e. The van der Waals surface area contributed by atoms with E-state index in [1.807, 2.05) is 19.9 Å². The molecule has 0 fully saturated rings. The smallest absolute Gasteiger partial charge is 0.319 e. The van der Waals surface area contributed by atoms with Crippen LogP contribution in [0.3, 0.4) is 0 Å². The summed E-state index contributed by atoms with van der Waals surface area (Å²) in [5, 5.41) is 20.6. The summed E-state index contributed by atoms with van der Waals surface area (Å²) >= 11 is 0. The van der Waals surface area contributed by atoms with Gasteiger partial charge in [0.05, 0.1) is 5.69 Å². The standard InChI is InChI=1S/C18H19F2N7O/c1-11-9-12(2)27(26-11)17-6-5-16(24-25-17)21-7-8-22-18(28)23-13-3-4-14(19)15(20)10-13/h3-6,9-10H,7-8H2,1-2H3,(H,21,24)(H2,22,23,28). The van der Waals surface area contributed by atoms with E-state index in [1.165, 1.54) is 6.07 Å². The third-order valence-corrected chi connectivity index (χ3v) is 3.77. The normalized spacial score (nSPS) is 10.6. The van der Waals surface area contributed by atoms with E-state index in [4.69, 9.17) is 0 Å². The quantitative estimate of drug-likeness (QED) is 0.565. The Balaban J connectivity index is 1.44. The number of carbonyl (C=O) groups is 1. The Morgan fingerprint density at radius 2 is 1.86 bits per heavy atom. The monoisotopic (exact) mass is 387 g/mol. The molecule has 0 spiro atoms. The molecule has 1 aromatic carbocycles. The molecule has 2 aromatic heterocycles. The second kappa shape index (κ2) is 8.42. The predicted molar refractivity (Wildman–Crippen MR) is 100 cm³/mol. The lowest BCUT2D eigenvalue weighted by Gasteiger charge is -2.09. The lowest BCUT2D eigenvalue weighted by Crippen LogP contribution is -2.32. The minimum Gasteiger partial charge on any atom is -0.367 e. The zero-order valence-corrected chi connectivity index (χ0v) is 15.3. The number of hydrogen-bond donors (Lipinski definition) is 3. The lowest BCUT2D eigenvalue weighted by molar-refractivity contribution is 0.252. The molecule has 0 aliphatic carbocycles. The molecule has 0 aliphatic rings. The summed E-state index contributed by atoms with van der Waals surface area (Å²) in [6.45, 7) is 4.53. The fraction of sp³-hybridized carbons (Fsp3) is 0.222. The van der Waals surface area contributed by atoms with Gasteiger partial charge in [-0.1, -0.05) is 0 Å². The number of amides is 2. The molecular formula is C18H19F2N7O. The van der Waals surface area contributed by atoms with Crippen molar-refractivity contribution in [1.82, 2.24) is 25.3 Å². The van der Waals surface area contributed by atoms with Crippen molar-refractivity contribution >= 4 is 17.5 Å². The van der Waals surface area contributed by atoms with Crippen LogP contribution in [0.4, 0.5) is 25.1 Å². The number of anilines is 2. The van der Waals surface area contributed by atoms with E-state index in [2.05, 4.69) is 31.2 Å². The Morgan fingerprint density at radius 3 is 2.50 bits per heavy atom. The van der Waals surface area contributed by atoms with Crippen LogP contribution in [0, 0.1) is 25.5 Å². The van der Waals surface area contributed by atoms with Gasteiger partial charge in [-0.15, -0.1) is 10.2 Å². The van der Waals surface area contributed by atoms with Gasteiger partial charge in [-0.05, 0) is 44.2 Å². The average molecular weight is 387 g/mol. The van der Waals surface area contributed by atoms with E-state index in [-0.39, 0.29) is 12.2 Å². The van der Waals surface area contributed by atoms with Gasteiger partial charge in [-0.3, -0.25) is 0 Å². The molecule has 8 nitrogen and oxygen atoms in total. The summed E-state index contributed by atoms with van der Waals surface area (Å²) in [6, 6.07) is 8.10. The van der Waals surface area contributed by atoms with Gasteiger partial charge in [0.1, 0.15) is 5.82 Å². The summed E-state index contributed by atoms with van der Waals surface area (Å²) in [6.07, 6.45) is 0. The highest BCUT2D eigenvalue weighted by Crippen LogP contribution is 2.13. The van der Waals surface area contributed by atoms with Crippen LogP contribution in [-0.4, -0.2) is 39.1 Å². The zero-order chi connectivity index (χ0) is 20.1. The molecule has 3 N–H and O–H groups in total. The highest BCUT2D eigenvalue weighted by molar-refractivity contribution is 5.89. The van der Waals surface area contributed by atoms with Gasteiger partial charge in [-0.25, -0.2) is 18.3 Å². The summed E-state index contributed by atoms with van der Waals surface area (Å²) in [7, 11) is 0.